The molecule has 0 spiro atoms. The number of halogens is 1. The predicted molar refractivity (Wildman–Crippen MR) is 122 cm³/mol. The van der Waals surface area contributed by atoms with E-state index in [0.717, 1.165) is 5.56 Å². The summed E-state index contributed by atoms with van der Waals surface area (Å²) in [6.45, 7) is 1.95. The minimum absolute atomic E-state index is 0.00106. The lowest BCUT2D eigenvalue weighted by atomic mass is 10.2. The van der Waals surface area contributed by atoms with Gasteiger partial charge in [-0.25, -0.2) is 8.42 Å². The summed E-state index contributed by atoms with van der Waals surface area (Å²) >= 11 is 7.50. The van der Waals surface area contributed by atoms with Crippen molar-refractivity contribution in [3.8, 4) is 17.6 Å². The number of amidine groups is 1. The molecule has 2 atom stereocenters. The lowest BCUT2D eigenvalue weighted by Gasteiger charge is -2.26. The molecular formula is C21H18ClN3O4S2. The molecule has 2 aliphatic rings. The number of amides is 1. The van der Waals surface area contributed by atoms with Crippen molar-refractivity contribution in [1.82, 2.24) is 0 Å². The van der Waals surface area contributed by atoms with Gasteiger partial charge in [-0.1, -0.05) is 35.5 Å². The molecule has 2 aromatic rings. The lowest BCUT2D eigenvalue weighted by molar-refractivity contribution is -0.116. The lowest BCUT2D eigenvalue weighted by Crippen LogP contribution is -2.38. The number of carbonyl (C=O) groups excluding carboxylic acids is 1. The van der Waals surface area contributed by atoms with Gasteiger partial charge in [0.25, 0.3) is 5.91 Å². The molecule has 160 valence electrons. The van der Waals surface area contributed by atoms with E-state index in [1.54, 1.807) is 29.2 Å². The van der Waals surface area contributed by atoms with Gasteiger partial charge in [0.2, 0.25) is 0 Å². The molecule has 0 bridgehead atoms. The van der Waals surface area contributed by atoms with Crippen LogP contribution in [0.15, 0.2) is 47.5 Å². The molecule has 1 amide bonds. The molecule has 0 radical (unpaired) electrons. The number of sulfone groups is 1. The number of nitriles is 1. The second-order valence-corrected chi connectivity index (χ2v) is 11.1. The maximum atomic E-state index is 12.3. The topological polar surface area (TPSA) is 99.8 Å². The van der Waals surface area contributed by atoms with E-state index in [2.05, 4.69) is 4.99 Å². The van der Waals surface area contributed by atoms with Crippen LogP contribution in [0.3, 0.4) is 0 Å². The summed E-state index contributed by atoms with van der Waals surface area (Å²) in [5.41, 5.74) is 1.55. The largest absolute Gasteiger partial charge is 0.455 e. The minimum atomic E-state index is -3.22. The third-order valence-electron chi connectivity index (χ3n) is 4.92. The zero-order valence-corrected chi connectivity index (χ0v) is 18.9. The molecule has 0 saturated carbocycles. The molecule has 2 aromatic carbocycles. The second-order valence-electron chi connectivity index (χ2n) is 7.32. The maximum Gasteiger partial charge on any atom is 0.262 e. The predicted octanol–water partition coefficient (Wildman–Crippen LogP) is 3.96. The van der Waals surface area contributed by atoms with Gasteiger partial charge >= 0.3 is 0 Å². The summed E-state index contributed by atoms with van der Waals surface area (Å²) in [4.78, 5) is 17.9. The Bertz CT molecular complexity index is 1220. The number of rotatable bonds is 4. The van der Waals surface area contributed by atoms with Crippen LogP contribution >= 0.6 is 23.4 Å². The highest BCUT2D eigenvalue weighted by molar-refractivity contribution is 8.16. The number of carbonyl (C=O) groups is 1. The zero-order chi connectivity index (χ0) is 22.2. The molecule has 2 fully saturated rings. The van der Waals surface area contributed by atoms with Gasteiger partial charge < -0.3 is 9.64 Å². The molecule has 0 N–H and O–H groups in total. The van der Waals surface area contributed by atoms with Gasteiger partial charge in [0.1, 0.15) is 12.2 Å². The highest BCUT2D eigenvalue weighted by Crippen LogP contribution is 2.45. The molecular weight excluding hydrogens is 458 g/mol. The SMILES string of the molecule is Cc1cccc(Oc2ccc(Cl)cc2N2C(=NC(=O)CC#N)S[C@@H]3CS(=O)(=O)C[C@H]32)c1. The summed E-state index contributed by atoms with van der Waals surface area (Å²) in [6.07, 6.45) is -0.353. The fourth-order valence-electron chi connectivity index (χ4n) is 3.63. The quantitative estimate of drug-likeness (QED) is 0.659. The third-order valence-corrected chi connectivity index (χ3v) is 8.36. The number of aryl methyl sites for hydroxylation is 1. The Morgan fingerprint density at radius 2 is 2.13 bits per heavy atom. The summed E-state index contributed by atoms with van der Waals surface area (Å²) in [6, 6.07) is 14.0. The van der Waals surface area contributed by atoms with E-state index in [4.69, 9.17) is 21.6 Å². The van der Waals surface area contributed by atoms with Crippen molar-refractivity contribution in [2.24, 2.45) is 4.99 Å². The number of benzene rings is 2. The number of hydrogen-bond acceptors (Lipinski definition) is 6. The fourth-order valence-corrected chi connectivity index (χ4v) is 7.72. The number of thioether (sulfide) groups is 1. The van der Waals surface area contributed by atoms with Crippen molar-refractivity contribution in [2.45, 2.75) is 24.6 Å². The van der Waals surface area contributed by atoms with Crippen molar-refractivity contribution in [3.63, 3.8) is 0 Å². The normalized spacial score (nSPS) is 22.9. The molecule has 10 heteroatoms. The smallest absolute Gasteiger partial charge is 0.262 e. The van der Waals surface area contributed by atoms with E-state index in [-0.39, 0.29) is 23.2 Å². The van der Waals surface area contributed by atoms with Crippen molar-refractivity contribution in [2.75, 3.05) is 16.4 Å². The van der Waals surface area contributed by atoms with Crippen LogP contribution in [-0.4, -0.2) is 42.3 Å². The maximum absolute atomic E-state index is 12.3. The Balaban J connectivity index is 1.79. The molecule has 0 unspecified atom stereocenters. The molecule has 0 aliphatic carbocycles. The van der Waals surface area contributed by atoms with Gasteiger partial charge in [0, 0.05) is 10.3 Å². The average Bonchev–Trinajstić information content (AvgIpc) is 3.14. The number of nitrogens with zero attached hydrogens (tertiary/aromatic N) is 3. The number of anilines is 1. The van der Waals surface area contributed by atoms with Crippen LogP contribution < -0.4 is 9.64 Å². The van der Waals surface area contributed by atoms with Crippen LogP contribution in [-0.2, 0) is 14.6 Å². The van der Waals surface area contributed by atoms with Gasteiger partial charge in [-0.15, -0.1) is 0 Å². The van der Waals surface area contributed by atoms with Gasteiger partial charge in [-0.05, 0) is 42.8 Å². The van der Waals surface area contributed by atoms with Crippen molar-refractivity contribution in [1.29, 1.82) is 5.26 Å². The first-order chi connectivity index (χ1) is 14.8. The summed E-state index contributed by atoms with van der Waals surface area (Å²) in [7, 11) is -3.22. The van der Waals surface area contributed by atoms with Crippen LogP contribution in [0.2, 0.25) is 5.02 Å². The summed E-state index contributed by atoms with van der Waals surface area (Å²) in [5.74, 6) is 0.429. The van der Waals surface area contributed by atoms with E-state index in [0.29, 0.717) is 27.4 Å². The van der Waals surface area contributed by atoms with Crippen LogP contribution in [0, 0.1) is 18.3 Å². The van der Waals surface area contributed by atoms with Gasteiger partial charge in [-0.3, -0.25) is 4.79 Å². The molecule has 4 rings (SSSR count). The first-order valence-corrected chi connectivity index (χ1v) is 12.5. The van der Waals surface area contributed by atoms with Crippen molar-refractivity contribution in [3.05, 3.63) is 53.1 Å². The Kier molecular flexibility index (Phi) is 5.97. The van der Waals surface area contributed by atoms with Crippen LogP contribution in [0.4, 0.5) is 5.69 Å². The summed E-state index contributed by atoms with van der Waals surface area (Å²) in [5, 5.41) is 9.32. The Hall–Kier alpha value is -2.54. The van der Waals surface area contributed by atoms with Gasteiger partial charge in [-0.2, -0.15) is 10.3 Å². The molecule has 0 aromatic heterocycles. The number of fused-ring (bicyclic) bond motifs is 1. The molecule has 31 heavy (non-hydrogen) atoms. The van der Waals surface area contributed by atoms with Crippen LogP contribution in [0.1, 0.15) is 12.0 Å². The Morgan fingerprint density at radius 3 is 2.87 bits per heavy atom. The molecule has 2 heterocycles. The monoisotopic (exact) mass is 475 g/mol. The fraction of sp³-hybridized carbons (Fsp3) is 0.286. The van der Waals surface area contributed by atoms with E-state index in [1.165, 1.54) is 11.8 Å². The van der Waals surface area contributed by atoms with Crippen molar-refractivity contribution < 1.29 is 17.9 Å². The third kappa shape index (κ3) is 4.71. The Labute approximate surface area is 189 Å². The molecule has 7 nitrogen and oxygen atoms in total. The Morgan fingerprint density at radius 1 is 1.32 bits per heavy atom. The van der Waals surface area contributed by atoms with Gasteiger partial charge in [0.05, 0.1) is 29.3 Å². The van der Waals surface area contributed by atoms with Crippen LogP contribution in [0.5, 0.6) is 11.5 Å². The van der Waals surface area contributed by atoms with E-state index >= 15 is 0 Å². The number of ether oxygens (including phenoxy) is 1. The van der Waals surface area contributed by atoms with E-state index in [9.17, 15) is 13.2 Å². The van der Waals surface area contributed by atoms with E-state index in [1.807, 2.05) is 31.2 Å². The zero-order valence-electron chi connectivity index (χ0n) is 16.5. The van der Waals surface area contributed by atoms with Crippen molar-refractivity contribution >= 4 is 50.0 Å². The first-order valence-electron chi connectivity index (χ1n) is 9.44. The second kappa shape index (κ2) is 8.54. The highest BCUT2D eigenvalue weighted by atomic mass is 35.5. The average molecular weight is 476 g/mol. The first kappa shape index (κ1) is 21.7. The standard InChI is InChI=1S/C21H18ClN3O4S2/c1-13-3-2-4-15(9-13)29-18-6-5-14(22)10-16(18)25-17-11-31(27,28)12-19(17)30-21(25)24-20(26)7-8-23/h2-6,9-10,17,19H,7,11-12H2,1H3/t17-,19-/m1/s1. The minimum Gasteiger partial charge on any atom is -0.455 e. The van der Waals surface area contributed by atoms with E-state index < -0.39 is 21.8 Å². The van der Waals surface area contributed by atoms with Gasteiger partial charge in [0.15, 0.2) is 20.8 Å². The molecule has 2 aliphatic heterocycles. The number of aliphatic imine (C=N–C) groups is 1. The molecule has 2 saturated heterocycles. The highest BCUT2D eigenvalue weighted by Gasteiger charge is 2.50. The number of hydrogen-bond donors (Lipinski definition) is 0. The van der Waals surface area contributed by atoms with Crippen LogP contribution in [0.25, 0.3) is 0 Å². The summed E-state index contributed by atoms with van der Waals surface area (Å²) < 4.78 is 30.7.